The summed E-state index contributed by atoms with van der Waals surface area (Å²) >= 11 is 7.21. The number of aromatic nitrogens is 1. The minimum atomic E-state index is -0.339. The van der Waals surface area contributed by atoms with E-state index in [1.54, 1.807) is 6.20 Å². The van der Waals surface area contributed by atoms with Crippen molar-refractivity contribution in [1.82, 2.24) is 19.8 Å². The highest BCUT2D eigenvalue weighted by atomic mass is 35.5. The zero-order valence-corrected chi connectivity index (χ0v) is 13.8. The highest BCUT2D eigenvalue weighted by molar-refractivity contribution is 7.15. The van der Waals surface area contributed by atoms with Crippen LogP contribution in [-0.4, -0.2) is 58.4 Å². The lowest BCUT2D eigenvalue weighted by atomic mass is 10.4. The Kier molecular flexibility index (Phi) is 7.83. The van der Waals surface area contributed by atoms with Gasteiger partial charge < -0.3 is 5.73 Å². The van der Waals surface area contributed by atoms with E-state index in [2.05, 4.69) is 22.5 Å². The Morgan fingerprint density at radius 3 is 2.62 bits per heavy atom. The average Bonchev–Trinajstić information content (AvgIpc) is 2.86. The maximum absolute atomic E-state index is 11.0. The third-order valence-electron chi connectivity index (χ3n) is 2.80. The van der Waals surface area contributed by atoms with Crippen LogP contribution in [0.3, 0.4) is 0 Å². The molecule has 0 aromatic carbocycles. The zero-order chi connectivity index (χ0) is 15.8. The SMILES string of the molecule is CCCN1CN(Cc2cnc(Cl)s2)CN([N+](=O)[O-])C1.CN. The Balaban J connectivity index is 0.00000106. The van der Waals surface area contributed by atoms with E-state index in [0.29, 0.717) is 24.3 Å². The number of nitro groups is 1. The first-order chi connectivity index (χ1) is 10.1. The van der Waals surface area contributed by atoms with Gasteiger partial charge in [0.1, 0.15) is 13.3 Å². The van der Waals surface area contributed by atoms with E-state index in [9.17, 15) is 10.1 Å². The second-order valence-corrected chi connectivity index (χ2v) is 6.17. The van der Waals surface area contributed by atoms with Crippen LogP contribution in [0.15, 0.2) is 6.20 Å². The van der Waals surface area contributed by atoms with Gasteiger partial charge in [-0.25, -0.2) is 15.1 Å². The molecule has 1 fully saturated rings. The van der Waals surface area contributed by atoms with Gasteiger partial charge in [-0.15, -0.1) is 11.3 Å². The monoisotopic (exact) mass is 336 g/mol. The van der Waals surface area contributed by atoms with Crippen molar-refractivity contribution in [3.63, 3.8) is 0 Å². The number of hydrazine groups is 1. The first-order valence-electron chi connectivity index (χ1n) is 6.60. The molecule has 0 spiro atoms. The predicted octanol–water partition coefficient (Wildman–Crippen LogP) is 1.27. The van der Waals surface area contributed by atoms with E-state index in [-0.39, 0.29) is 5.03 Å². The normalized spacial score (nSPS) is 16.5. The molecule has 2 rings (SSSR count). The number of nitrogens with zero attached hydrogens (tertiary/aromatic N) is 5. The molecule has 120 valence electrons. The third kappa shape index (κ3) is 5.71. The van der Waals surface area contributed by atoms with Crippen LogP contribution >= 0.6 is 22.9 Å². The zero-order valence-electron chi connectivity index (χ0n) is 12.2. The average molecular weight is 337 g/mol. The van der Waals surface area contributed by atoms with Crippen LogP contribution in [0.5, 0.6) is 0 Å². The molecule has 1 aromatic heterocycles. The van der Waals surface area contributed by atoms with Crippen molar-refractivity contribution in [3.05, 3.63) is 25.7 Å². The van der Waals surface area contributed by atoms with Gasteiger partial charge in [-0.1, -0.05) is 23.5 Å². The Hall–Kier alpha value is -1.00. The molecule has 1 saturated heterocycles. The summed E-state index contributed by atoms with van der Waals surface area (Å²) in [4.78, 5) is 20.0. The van der Waals surface area contributed by atoms with Crippen molar-refractivity contribution < 1.29 is 5.03 Å². The van der Waals surface area contributed by atoms with Gasteiger partial charge in [0.2, 0.25) is 0 Å². The summed E-state index contributed by atoms with van der Waals surface area (Å²) in [6, 6.07) is 0. The first kappa shape index (κ1) is 18.1. The molecule has 0 amide bonds. The molecular weight excluding hydrogens is 316 g/mol. The molecule has 0 atom stereocenters. The molecule has 0 bridgehead atoms. The van der Waals surface area contributed by atoms with Crippen LogP contribution in [0.4, 0.5) is 0 Å². The van der Waals surface area contributed by atoms with E-state index in [0.717, 1.165) is 24.5 Å². The fourth-order valence-electron chi connectivity index (χ4n) is 2.12. The summed E-state index contributed by atoms with van der Waals surface area (Å²) in [5, 5.41) is 11.8. The molecule has 1 aliphatic heterocycles. The number of rotatable bonds is 5. The fraction of sp³-hybridized carbons (Fsp3) is 0.727. The van der Waals surface area contributed by atoms with Gasteiger partial charge in [-0.05, 0) is 13.5 Å². The van der Waals surface area contributed by atoms with Crippen molar-refractivity contribution in [2.75, 3.05) is 33.6 Å². The van der Waals surface area contributed by atoms with Crippen molar-refractivity contribution in [1.29, 1.82) is 0 Å². The number of hydrogen-bond donors (Lipinski definition) is 1. The Morgan fingerprint density at radius 1 is 1.43 bits per heavy atom. The van der Waals surface area contributed by atoms with Crippen LogP contribution in [0.25, 0.3) is 0 Å². The van der Waals surface area contributed by atoms with Crippen molar-refractivity contribution in [2.24, 2.45) is 5.73 Å². The fourth-order valence-corrected chi connectivity index (χ4v) is 3.14. The predicted molar refractivity (Wildman–Crippen MR) is 83.2 cm³/mol. The molecule has 8 nitrogen and oxygen atoms in total. The standard InChI is InChI=1S/C10H16ClN5O2S.CH5N/c1-2-3-13-6-14(8-15(7-13)16(17)18)5-9-4-12-10(11)19-9;1-2/h4H,2-3,5-8H2,1H3;2H2,1H3. The molecule has 21 heavy (non-hydrogen) atoms. The molecule has 0 aliphatic carbocycles. The van der Waals surface area contributed by atoms with Gasteiger partial charge in [-0.3, -0.25) is 9.80 Å². The lowest BCUT2D eigenvalue weighted by Crippen LogP contribution is -2.56. The van der Waals surface area contributed by atoms with E-state index >= 15 is 0 Å². The Bertz CT molecular complexity index is 446. The molecule has 0 saturated carbocycles. The summed E-state index contributed by atoms with van der Waals surface area (Å²) in [5.41, 5.74) is 4.50. The minimum Gasteiger partial charge on any atom is -0.333 e. The van der Waals surface area contributed by atoms with Crippen LogP contribution < -0.4 is 5.73 Å². The summed E-state index contributed by atoms with van der Waals surface area (Å²) in [6.07, 6.45) is 2.70. The highest BCUT2D eigenvalue weighted by Gasteiger charge is 2.28. The topological polar surface area (TPSA) is 91.8 Å². The van der Waals surface area contributed by atoms with Gasteiger partial charge >= 0.3 is 0 Å². The van der Waals surface area contributed by atoms with Crippen molar-refractivity contribution in [2.45, 2.75) is 19.9 Å². The largest absolute Gasteiger partial charge is 0.333 e. The molecule has 2 N–H and O–H groups in total. The van der Waals surface area contributed by atoms with Gasteiger partial charge in [-0.2, -0.15) is 0 Å². The first-order valence-corrected chi connectivity index (χ1v) is 7.80. The Morgan fingerprint density at radius 2 is 2.10 bits per heavy atom. The van der Waals surface area contributed by atoms with Crippen LogP contribution in [0.1, 0.15) is 18.2 Å². The Labute approximate surface area is 133 Å². The van der Waals surface area contributed by atoms with E-state index in [1.165, 1.54) is 23.4 Å². The van der Waals surface area contributed by atoms with Crippen LogP contribution in [0, 0.1) is 10.1 Å². The summed E-state index contributed by atoms with van der Waals surface area (Å²) in [5.74, 6) is 0. The third-order valence-corrected chi connectivity index (χ3v) is 3.90. The summed E-state index contributed by atoms with van der Waals surface area (Å²) in [6.45, 7) is 4.98. The van der Waals surface area contributed by atoms with E-state index in [4.69, 9.17) is 11.6 Å². The number of hydrogen-bond acceptors (Lipinski definition) is 7. The summed E-state index contributed by atoms with van der Waals surface area (Å²) < 4.78 is 0.503. The van der Waals surface area contributed by atoms with Crippen molar-refractivity contribution in [3.8, 4) is 0 Å². The molecule has 0 unspecified atom stereocenters. The number of thiazole rings is 1. The molecule has 1 aliphatic rings. The van der Waals surface area contributed by atoms with Crippen LogP contribution in [-0.2, 0) is 6.54 Å². The molecule has 2 heterocycles. The summed E-state index contributed by atoms with van der Waals surface area (Å²) in [7, 11) is 1.50. The molecule has 10 heteroatoms. The van der Waals surface area contributed by atoms with Gasteiger partial charge in [0.25, 0.3) is 0 Å². The lowest BCUT2D eigenvalue weighted by Gasteiger charge is -2.37. The van der Waals surface area contributed by atoms with E-state index < -0.39 is 0 Å². The molecular formula is C11H21ClN6O2S. The lowest BCUT2D eigenvalue weighted by molar-refractivity contribution is -0.668. The maximum Gasteiger partial charge on any atom is 0.183 e. The van der Waals surface area contributed by atoms with Gasteiger partial charge in [0.15, 0.2) is 9.50 Å². The second kappa shape index (κ2) is 9.11. The van der Waals surface area contributed by atoms with Gasteiger partial charge in [0, 0.05) is 24.2 Å². The van der Waals surface area contributed by atoms with Crippen molar-refractivity contribution >= 4 is 22.9 Å². The molecule has 0 radical (unpaired) electrons. The maximum atomic E-state index is 11.0. The second-order valence-electron chi connectivity index (χ2n) is 4.47. The minimum absolute atomic E-state index is 0.322. The number of nitrogens with two attached hydrogens (primary N) is 1. The van der Waals surface area contributed by atoms with Crippen LogP contribution in [0.2, 0.25) is 4.47 Å². The van der Waals surface area contributed by atoms with Gasteiger partial charge in [0.05, 0.1) is 6.67 Å². The quantitative estimate of drug-likeness (QED) is 0.639. The number of halogens is 1. The van der Waals surface area contributed by atoms with E-state index in [1.807, 2.05) is 4.90 Å². The highest BCUT2D eigenvalue weighted by Crippen LogP contribution is 2.20. The molecule has 1 aromatic rings. The smallest absolute Gasteiger partial charge is 0.183 e.